The average molecular weight is 412 g/mol. The van der Waals surface area contributed by atoms with Crippen molar-refractivity contribution in [3.05, 3.63) is 59.4 Å². The molecule has 1 aliphatic heterocycles. The van der Waals surface area contributed by atoms with Crippen LogP contribution in [0.3, 0.4) is 0 Å². The van der Waals surface area contributed by atoms with Crippen LogP contribution in [-0.2, 0) is 14.3 Å². The number of aliphatic hydroxyl groups is 1. The Kier molecular flexibility index (Phi) is 6.68. The molecule has 1 fully saturated rings. The van der Waals surface area contributed by atoms with Crippen molar-refractivity contribution >= 4 is 17.4 Å². The number of hydrogen-bond acceptors (Lipinski definition) is 7. The van der Waals surface area contributed by atoms with Crippen LogP contribution in [0.2, 0.25) is 0 Å². The van der Waals surface area contributed by atoms with E-state index in [1.165, 1.54) is 31.5 Å². The summed E-state index contributed by atoms with van der Waals surface area (Å²) >= 11 is 0. The Labute approximate surface area is 174 Å². The van der Waals surface area contributed by atoms with Crippen molar-refractivity contribution in [2.24, 2.45) is 0 Å². The zero-order chi connectivity index (χ0) is 21.7. The van der Waals surface area contributed by atoms with Gasteiger partial charge in [-0.15, -0.1) is 0 Å². The lowest BCUT2D eigenvalue weighted by Crippen LogP contribution is -2.31. The molecule has 1 atom stereocenters. The molecule has 1 N–H and O–H groups in total. The van der Waals surface area contributed by atoms with Crippen molar-refractivity contribution in [2.45, 2.75) is 12.5 Å². The Balaban J connectivity index is 2.15. The summed E-state index contributed by atoms with van der Waals surface area (Å²) in [5.41, 5.74) is 1.06. The number of ether oxygens (including phenoxy) is 3. The number of hydrogen-bond donors (Lipinski definition) is 1. The fraction of sp³-hybridized carbons (Fsp3) is 0.318. The van der Waals surface area contributed by atoms with Gasteiger partial charge in [0.15, 0.2) is 11.5 Å². The molecule has 0 aliphatic carbocycles. The molecule has 1 aromatic carbocycles. The number of amides is 1. The van der Waals surface area contributed by atoms with Crippen LogP contribution >= 0.6 is 0 Å². The largest absolute Gasteiger partial charge is 0.507 e. The summed E-state index contributed by atoms with van der Waals surface area (Å²) in [7, 11) is 4.61. The summed E-state index contributed by atoms with van der Waals surface area (Å²) in [5.74, 6) is -0.666. The number of carbonyl (C=O) groups is 2. The fourth-order valence-electron chi connectivity index (χ4n) is 3.52. The number of aromatic nitrogens is 1. The van der Waals surface area contributed by atoms with Gasteiger partial charge < -0.3 is 24.2 Å². The maximum Gasteiger partial charge on any atom is 0.295 e. The first-order valence-corrected chi connectivity index (χ1v) is 9.43. The Morgan fingerprint density at radius 1 is 1.07 bits per heavy atom. The molecule has 30 heavy (non-hydrogen) atoms. The highest BCUT2D eigenvalue weighted by molar-refractivity contribution is 6.46. The third kappa shape index (κ3) is 3.99. The van der Waals surface area contributed by atoms with E-state index >= 15 is 0 Å². The molecule has 8 heteroatoms. The molecule has 1 saturated heterocycles. The molecule has 0 saturated carbocycles. The highest BCUT2D eigenvalue weighted by Gasteiger charge is 2.46. The molecular formula is C22H24N2O6. The van der Waals surface area contributed by atoms with Gasteiger partial charge in [-0.1, -0.05) is 6.07 Å². The number of ketones is 1. The van der Waals surface area contributed by atoms with Crippen molar-refractivity contribution in [1.29, 1.82) is 0 Å². The summed E-state index contributed by atoms with van der Waals surface area (Å²) < 4.78 is 15.8. The highest BCUT2D eigenvalue weighted by Crippen LogP contribution is 2.41. The van der Waals surface area contributed by atoms with E-state index in [-0.39, 0.29) is 11.3 Å². The summed E-state index contributed by atoms with van der Waals surface area (Å²) in [6.07, 6.45) is 3.56. The van der Waals surface area contributed by atoms with E-state index < -0.39 is 17.7 Å². The van der Waals surface area contributed by atoms with Crippen LogP contribution in [0.25, 0.3) is 5.76 Å². The zero-order valence-electron chi connectivity index (χ0n) is 17.1. The summed E-state index contributed by atoms with van der Waals surface area (Å²) in [6, 6.07) is 7.56. The van der Waals surface area contributed by atoms with Crippen LogP contribution in [0.1, 0.15) is 23.6 Å². The Morgan fingerprint density at radius 2 is 1.77 bits per heavy atom. The molecule has 158 valence electrons. The van der Waals surface area contributed by atoms with E-state index in [0.717, 1.165) is 0 Å². The molecule has 1 aromatic heterocycles. The molecule has 2 aromatic rings. The minimum absolute atomic E-state index is 0.0239. The molecular weight excluding hydrogens is 388 g/mol. The smallest absolute Gasteiger partial charge is 0.295 e. The summed E-state index contributed by atoms with van der Waals surface area (Å²) in [4.78, 5) is 31.1. The van der Waals surface area contributed by atoms with E-state index in [1.54, 1.807) is 37.4 Å². The fourth-order valence-corrected chi connectivity index (χ4v) is 3.52. The first-order chi connectivity index (χ1) is 14.5. The highest BCUT2D eigenvalue weighted by atomic mass is 16.5. The van der Waals surface area contributed by atoms with Crippen molar-refractivity contribution in [3.8, 4) is 11.5 Å². The van der Waals surface area contributed by atoms with Crippen LogP contribution in [0, 0.1) is 0 Å². The number of Topliss-reactive ketones (excluding diaryl/α,β-unsaturated/α-hetero) is 1. The van der Waals surface area contributed by atoms with Gasteiger partial charge in [0.1, 0.15) is 5.76 Å². The molecule has 0 spiro atoms. The van der Waals surface area contributed by atoms with Crippen LogP contribution < -0.4 is 9.47 Å². The second kappa shape index (κ2) is 9.41. The standard InChI is InChI=1S/C22H24N2O6/c1-28-12-4-11-24-19(15-5-6-16(29-2)17(13-15)30-3)18(21(26)22(24)27)20(25)14-7-9-23-10-8-14/h5-10,13,19,25H,4,11-12H2,1-3H3/b20-18-. The van der Waals surface area contributed by atoms with E-state index in [0.29, 0.717) is 42.2 Å². The van der Waals surface area contributed by atoms with Gasteiger partial charge in [-0.25, -0.2) is 0 Å². The first kappa shape index (κ1) is 21.3. The maximum atomic E-state index is 12.9. The van der Waals surface area contributed by atoms with E-state index in [9.17, 15) is 14.7 Å². The maximum absolute atomic E-state index is 12.9. The monoisotopic (exact) mass is 412 g/mol. The Hall–Kier alpha value is -3.39. The molecule has 1 unspecified atom stereocenters. The zero-order valence-corrected chi connectivity index (χ0v) is 17.1. The number of aliphatic hydroxyl groups excluding tert-OH is 1. The van der Waals surface area contributed by atoms with Gasteiger partial charge in [-0.05, 0) is 36.2 Å². The van der Waals surface area contributed by atoms with Crippen LogP contribution in [0.5, 0.6) is 11.5 Å². The van der Waals surface area contributed by atoms with Crippen molar-refractivity contribution in [1.82, 2.24) is 9.88 Å². The van der Waals surface area contributed by atoms with Crippen LogP contribution in [0.4, 0.5) is 0 Å². The number of likely N-dealkylation sites (tertiary alicyclic amines) is 1. The number of pyridine rings is 1. The van der Waals surface area contributed by atoms with Gasteiger partial charge in [0.05, 0.1) is 25.8 Å². The lowest BCUT2D eigenvalue weighted by atomic mass is 9.95. The Morgan fingerprint density at radius 3 is 2.40 bits per heavy atom. The molecule has 8 nitrogen and oxygen atoms in total. The van der Waals surface area contributed by atoms with Crippen LogP contribution in [-0.4, -0.2) is 61.2 Å². The summed E-state index contributed by atoms with van der Waals surface area (Å²) in [5, 5.41) is 10.9. The molecule has 0 bridgehead atoms. The normalized spacial score (nSPS) is 18.0. The second-order valence-electron chi connectivity index (χ2n) is 6.69. The first-order valence-electron chi connectivity index (χ1n) is 9.43. The lowest BCUT2D eigenvalue weighted by molar-refractivity contribution is -0.140. The number of rotatable bonds is 8. The van der Waals surface area contributed by atoms with E-state index in [2.05, 4.69) is 4.98 Å². The summed E-state index contributed by atoms with van der Waals surface area (Å²) in [6.45, 7) is 0.733. The minimum atomic E-state index is -0.769. The minimum Gasteiger partial charge on any atom is -0.507 e. The number of carbonyl (C=O) groups excluding carboxylic acids is 2. The second-order valence-corrected chi connectivity index (χ2v) is 6.69. The molecule has 0 radical (unpaired) electrons. The Bertz CT molecular complexity index is 957. The van der Waals surface area contributed by atoms with E-state index in [4.69, 9.17) is 14.2 Å². The topological polar surface area (TPSA) is 98.2 Å². The molecule has 2 heterocycles. The van der Waals surface area contributed by atoms with Gasteiger partial charge in [-0.2, -0.15) is 0 Å². The van der Waals surface area contributed by atoms with Gasteiger partial charge in [0.25, 0.3) is 11.7 Å². The van der Waals surface area contributed by atoms with Crippen molar-refractivity contribution < 1.29 is 28.9 Å². The van der Waals surface area contributed by atoms with Gasteiger partial charge in [0.2, 0.25) is 0 Å². The van der Waals surface area contributed by atoms with Crippen molar-refractivity contribution in [3.63, 3.8) is 0 Å². The van der Waals surface area contributed by atoms with Crippen LogP contribution in [0.15, 0.2) is 48.3 Å². The predicted molar refractivity (Wildman–Crippen MR) is 109 cm³/mol. The third-order valence-electron chi connectivity index (χ3n) is 4.96. The van der Waals surface area contributed by atoms with Gasteiger partial charge in [-0.3, -0.25) is 14.6 Å². The van der Waals surface area contributed by atoms with Gasteiger partial charge in [0, 0.05) is 38.2 Å². The molecule has 1 amide bonds. The lowest BCUT2D eigenvalue weighted by Gasteiger charge is -2.26. The SMILES string of the molecule is COCCCN1C(=O)C(=O)/C(=C(\O)c2ccncc2)C1c1ccc(OC)c(OC)c1. The number of benzene rings is 1. The third-order valence-corrected chi connectivity index (χ3v) is 4.96. The quantitative estimate of drug-likeness (QED) is 0.308. The number of nitrogens with zero attached hydrogens (tertiary/aromatic N) is 2. The van der Waals surface area contributed by atoms with E-state index in [1.807, 2.05) is 0 Å². The average Bonchev–Trinajstić information content (AvgIpc) is 3.03. The number of methoxy groups -OCH3 is 3. The predicted octanol–water partition coefficient (Wildman–Crippen LogP) is 2.56. The molecule has 3 rings (SSSR count). The molecule has 1 aliphatic rings. The van der Waals surface area contributed by atoms with Gasteiger partial charge >= 0.3 is 0 Å². The van der Waals surface area contributed by atoms with Crippen molar-refractivity contribution in [2.75, 3.05) is 34.5 Å².